The van der Waals surface area contributed by atoms with Gasteiger partial charge in [-0.25, -0.2) is 0 Å². The molecule has 0 saturated heterocycles. The second-order valence-electron chi connectivity index (χ2n) is 4.87. The zero-order valence-corrected chi connectivity index (χ0v) is 12.0. The van der Waals surface area contributed by atoms with Crippen LogP contribution in [0.2, 0.25) is 0 Å². The van der Waals surface area contributed by atoms with Crippen LogP contribution in [-0.2, 0) is 6.54 Å². The Bertz CT molecular complexity index is 614. The molecule has 0 atom stereocenters. The molecule has 0 spiro atoms. The van der Waals surface area contributed by atoms with E-state index in [1.807, 2.05) is 36.4 Å². The number of nitrogens with zero attached hydrogens (tertiary/aromatic N) is 2. The Labute approximate surface area is 124 Å². The van der Waals surface area contributed by atoms with Crippen molar-refractivity contribution >= 4 is 11.4 Å². The van der Waals surface area contributed by atoms with Crippen LogP contribution in [0.5, 0.6) is 0 Å². The van der Waals surface area contributed by atoms with Crippen molar-refractivity contribution in [1.82, 2.24) is 0 Å². The van der Waals surface area contributed by atoms with Crippen molar-refractivity contribution in [2.24, 2.45) is 5.73 Å². The fourth-order valence-electron chi connectivity index (χ4n) is 2.40. The van der Waals surface area contributed by atoms with Crippen LogP contribution in [0, 0.1) is 17.0 Å². The summed E-state index contributed by atoms with van der Waals surface area (Å²) in [5.74, 6) is 0. The predicted octanol–water partition coefficient (Wildman–Crippen LogP) is 2.87. The van der Waals surface area contributed by atoms with Crippen LogP contribution in [0.4, 0.5) is 11.4 Å². The lowest BCUT2D eigenvalue weighted by Gasteiger charge is -2.26. The highest BCUT2D eigenvalue weighted by Crippen LogP contribution is 2.29. The lowest BCUT2D eigenvalue weighted by Crippen LogP contribution is -2.29. The Morgan fingerprint density at radius 1 is 1.14 bits per heavy atom. The molecule has 0 aliphatic heterocycles. The maximum atomic E-state index is 11.1. The van der Waals surface area contributed by atoms with Crippen LogP contribution in [0.1, 0.15) is 11.1 Å². The highest BCUT2D eigenvalue weighted by atomic mass is 16.6. The minimum Gasteiger partial charge on any atom is -0.366 e. The van der Waals surface area contributed by atoms with E-state index in [2.05, 4.69) is 4.90 Å². The summed E-state index contributed by atoms with van der Waals surface area (Å²) in [4.78, 5) is 12.8. The molecule has 0 amide bonds. The molecule has 0 aliphatic rings. The van der Waals surface area contributed by atoms with Crippen molar-refractivity contribution in [2.75, 3.05) is 18.0 Å². The molecule has 2 rings (SSSR count). The number of nitro benzene ring substituents is 1. The van der Waals surface area contributed by atoms with Gasteiger partial charge in [0.15, 0.2) is 0 Å². The third-order valence-electron chi connectivity index (χ3n) is 3.43. The van der Waals surface area contributed by atoms with Gasteiger partial charge in [0.05, 0.1) is 10.5 Å². The molecule has 110 valence electrons. The number of benzene rings is 2. The summed E-state index contributed by atoms with van der Waals surface area (Å²) in [5, 5.41) is 11.1. The van der Waals surface area contributed by atoms with Crippen molar-refractivity contribution in [2.45, 2.75) is 13.5 Å². The summed E-state index contributed by atoms with van der Waals surface area (Å²) in [7, 11) is 0. The van der Waals surface area contributed by atoms with E-state index >= 15 is 0 Å². The van der Waals surface area contributed by atoms with Crippen molar-refractivity contribution in [1.29, 1.82) is 0 Å². The van der Waals surface area contributed by atoms with E-state index in [4.69, 9.17) is 5.73 Å². The van der Waals surface area contributed by atoms with Gasteiger partial charge in [-0.1, -0.05) is 36.4 Å². The van der Waals surface area contributed by atoms with E-state index in [9.17, 15) is 10.1 Å². The largest absolute Gasteiger partial charge is 0.366 e. The number of hydrogen-bond acceptors (Lipinski definition) is 4. The monoisotopic (exact) mass is 285 g/mol. The Kier molecular flexibility index (Phi) is 4.90. The molecule has 0 saturated carbocycles. The zero-order valence-electron chi connectivity index (χ0n) is 12.0. The van der Waals surface area contributed by atoms with Gasteiger partial charge < -0.3 is 10.6 Å². The summed E-state index contributed by atoms with van der Waals surface area (Å²) in [6, 6.07) is 15.2. The van der Waals surface area contributed by atoms with E-state index in [1.54, 1.807) is 13.0 Å². The average Bonchev–Trinajstić information content (AvgIpc) is 2.48. The molecule has 0 bridgehead atoms. The number of rotatable bonds is 6. The lowest BCUT2D eigenvalue weighted by molar-refractivity contribution is -0.385. The van der Waals surface area contributed by atoms with Gasteiger partial charge in [0.2, 0.25) is 0 Å². The highest BCUT2D eigenvalue weighted by molar-refractivity contribution is 5.61. The summed E-state index contributed by atoms with van der Waals surface area (Å²) < 4.78 is 0. The van der Waals surface area contributed by atoms with Gasteiger partial charge in [0, 0.05) is 31.4 Å². The van der Waals surface area contributed by atoms with Crippen LogP contribution in [-0.4, -0.2) is 18.0 Å². The maximum absolute atomic E-state index is 11.1. The van der Waals surface area contributed by atoms with Gasteiger partial charge >= 0.3 is 0 Å². The number of nitro groups is 1. The fraction of sp³-hybridized carbons (Fsp3) is 0.250. The Morgan fingerprint density at radius 3 is 2.48 bits per heavy atom. The van der Waals surface area contributed by atoms with Crippen molar-refractivity contribution in [3.05, 3.63) is 69.8 Å². The van der Waals surface area contributed by atoms with Crippen molar-refractivity contribution in [3.63, 3.8) is 0 Å². The molecule has 0 aliphatic carbocycles. The summed E-state index contributed by atoms with van der Waals surface area (Å²) in [6.07, 6.45) is 0. The van der Waals surface area contributed by atoms with E-state index in [-0.39, 0.29) is 10.6 Å². The highest BCUT2D eigenvalue weighted by Gasteiger charge is 2.17. The topological polar surface area (TPSA) is 72.4 Å². The summed E-state index contributed by atoms with van der Waals surface area (Å²) in [5.41, 5.74) is 8.52. The first-order valence-electron chi connectivity index (χ1n) is 6.86. The smallest absolute Gasteiger partial charge is 0.274 e. The molecular weight excluding hydrogens is 266 g/mol. The molecule has 2 aromatic carbocycles. The Morgan fingerprint density at radius 2 is 1.86 bits per heavy atom. The lowest BCUT2D eigenvalue weighted by atomic mass is 10.1. The molecule has 0 radical (unpaired) electrons. The molecule has 0 heterocycles. The summed E-state index contributed by atoms with van der Waals surface area (Å²) in [6.45, 7) is 3.61. The van der Waals surface area contributed by atoms with Crippen LogP contribution in [0.3, 0.4) is 0 Å². The van der Waals surface area contributed by atoms with E-state index in [0.29, 0.717) is 25.2 Å². The Balaban J connectivity index is 2.34. The number of nitrogens with two attached hydrogens (primary N) is 1. The quantitative estimate of drug-likeness (QED) is 0.654. The first-order valence-corrected chi connectivity index (χ1v) is 6.86. The van der Waals surface area contributed by atoms with Crippen LogP contribution in [0.15, 0.2) is 48.5 Å². The number of hydrogen-bond donors (Lipinski definition) is 1. The molecule has 21 heavy (non-hydrogen) atoms. The van der Waals surface area contributed by atoms with E-state index in [1.165, 1.54) is 6.07 Å². The molecule has 5 nitrogen and oxygen atoms in total. The molecule has 2 aromatic rings. The minimum atomic E-state index is -0.345. The maximum Gasteiger partial charge on any atom is 0.274 e. The van der Waals surface area contributed by atoms with Gasteiger partial charge in [-0.05, 0) is 18.6 Å². The fourth-order valence-corrected chi connectivity index (χ4v) is 2.40. The van der Waals surface area contributed by atoms with Gasteiger partial charge in [-0.2, -0.15) is 0 Å². The van der Waals surface area contributed by atoms with Crippen molar-refractivity contribution < 1.29 is 4.92 Å². The van der Waals surface area contributed by atoms with Gasteiger partial charge in [0.1, 0.15) is 0 Å². The zero-order chi connectivity index (χ0) is 15.2. The average molecular weight is 285 g/mol. The third-order valence-corrected chi connectivity index (χ3v) is 3.43. The first kappa shape index (κ1) is 15.0. The third kappa shape index (κ3) is 3.58. The molecule has 5 heteroatoms. The summed E-state index contributed by atoms with van der Waals surface area (Å²) >= 11 is 0. The van der Waals surface area contributed by atoms with Crippen molar-refractivity contribution in [3.8, 4) is 0 Å². The minimum absolute atomic E-state index is 0.141. The van der Waals surface area contributed by atoms with Crippen LogP contribution < -0.4 is 10.6 Å². The molecule has 0 aromatic heterocycles. The van der Waals surface area contributed by atoms with Gasteiger partial charge in [-0.3, -0.25) is 10.1 Å². The number of anilines is 1. The van der Waals surface area contributed by atoms with Crippen LogP contribution >= 0.6 is 0 Å². The SMILES string of the molecule is Cc1c(N(CCN)Cc2ccccc2)cccc1[N+](=O)[O-]. The second kappa shape index (κ2) is 6.85. The van der Waals surface area contributed by atoms with E-state index < -0.39 is 0 Å². The second-order valence-corrected chi connectivity index (χ2v) is 4.87. The van der Waals surface area contributed by atoms with Gasteiger partial charge in [-0.15, -0.1) is 0 Å². The van der Waals surface area contributed by atoms with E-state index in [0.717, 1.165) is 11.3 Å². The molecular formula is C16H19N3O2. The van der Waals surface area contributed by atoms with Gasteiger partial charge in [0.25, 0.3) is 5.69 Å². The first-order chi connectivity index (χ1) is 10.1. The molecule has 0 fully saturated rings. The Hall–Kier alpha value is -2.40. The normalized spacial score (nSPS) is 10.4. The molecule has 2 N–H and O–H groups in total. The predicted molar refractivity (Wildman–Crippen MR) is 84.4 cm³/mol. The standard InChI is InChI=1S/C16H19N3O2/c1-13-15(8-5-9-16(13)19(20)21)18(11-10-17)12-14-6-3-2-4-7-14/h2-9H,10-12,17H2,1H3. The van der Waals surface area contributed by atoms with Crippen LogP contribution in [0.25, 0.3) is 0 Å². The molecule has 0 unspecified atom stereocenters.